The molecule has 0 radical (unpaired) electrons. The fraction of sp³-hybridized carbons (Fsp3) is 0.438. The van der Waals surface area contributed by atoms with Gasteiger partial charge >= 0.3 is 0 Å². The van der Waals surface area contributed by atoms with Crippen molar-refractivity contribution in [1.29, 1.82) is 0 Å². The van der Waals surface area contributed by atoms with Crippen molar-refractivity contribution in [1.82, 2.24) is 5.01 Å². The first-order valence-corrected chi connectivity index (χ1v) is 7.46. The van der Waals surface area contributed by atoms with E-state index < -0.39 is 6.10 Å². The van der Waals surface area contributed by atoms with Gasteiger partial charge in [-0.1, -0.05) is 18.2 Å². The fourth-order valence-corrected chi connectivity index (χ4v) is 2.75. The Hall–Kier alpha value is -2.05. The van der Waals surface area contributed by atoms with Gasteiger partial charge in [0, 0.05) is 13.7 Å². The van der Waals surface area contributed by atoms with E-state index in [1.807, 2.05) is 44.3 Å². The third kappa shape index (κ3) is 2.55. The van der Waals surface area contributed by atoms with Crippen molar-refractivity contribution in [2.45, 2.75) is 31.9 Å². The summed E-state index contributed by atoms with van der Waals surface area (Å²) in [5.41, 5.74) is 1.03. The molecule has 2 aliphatic rings. The quantitative estimate of drug-likeness (QED) is 0.829. The van der Waals surface area contributed by atoms with Crippen LogP contribution in [0.1, 0.15) is 19.8 Å². The second-order valence-corrected chi connectivity index (χ2v) is 5.54. The minimum atomic E-state index is -0.497. The highest BCUT2D eigenvalue weighted by atomic mass is 16.5. The van der Waals surface area contributed by atoms with Gasteiger partial charge < -0.3 is 4.74 Å². The molecule has 0 N–H and O–H groups in total. The van der Waals surface area contributed by atoms with Crippen LogP contribution >= 0.6 is 0 Å². The number of para-hydroxylation sites is 1. The molecule has 6 nitrogen and oxygen atoms in total. The standard InChI is InChI=1S/C16H19N3O3/c1-11-14(17-15(20)13-9-6-10-22-13)16(21)19(18(11)2)12-7-4-3-5-8-12/h3-5,7-8,11,13H,6,9-10H2,1-2H3. The van der Waals surface area contributed by atoms with Crippen LogP contribution in [-0.2, 0) is 14.3 Å². The SMILES string of the molecule is CC1C(=NC(=O)C2CCCO2)C(=O)N(c2ccccc2)N1C. The highest BCUT2D eigenvalue weighted by Crippen LogP contribution is 2.24. The van der Waals surface area contributed by atoms with Crippen molar-refractivity contribution in [3.63, 3.8) is 0 Å². The second-order valence-electron chi connectivity index (χ2n) is 5.54. The van der Waals surface area contributed by atoms with Gasteiger partial charge in [-0.3, -0.25) is 9.59 Å². The van der Waals surface area contributed by atoms with E-state index in [1.165, 1.54) is 0 Å². The van der Waals surface area contributed by atoms with Gasteiger partial charge in [-0.2, -0.15) is 0 Å². The van der Waals surface area contributed by atoms with E-state index in [2.05, 4.69) is 4.99 Å². The summed E-state index contributed by atoms with van der Waals surface area (Å²) in [5.74, 6) is -0.608. The fourth-order valence-electron chi connectivity index (χ4n) is 2.75. The maximum atomic E-state index is 12.6. The number of amides is 2. The molecule has 0 bridgehead atoms. The smallest absolute Gasteiger partial charge is 0.289 e. The number of hydrogen-bond acceptors (Lipinski definition) is 4. The summed E-state index contributed by atoms with van der Waals surface area (Å²) in [5, 5.41) is 3.34. The van der Waals surface area contributed by atoms with E-state index in [0.717, 1.165) is 12.1 Å². The van der Waals surface area contributed by atoms with Crippen LogP contribution < -0.4 is 5.01 Å². The first kappa shape index (κ1) is 14.9. The molecule has 22 heavy (non-hydrogen) atoms. The Kier molecular flexibility index (Phi) is 4.04. The van der Waals surface area contributed by atoms with Crippen molar-refractivity contribution >= 4 is 23.2 Å². The van der Waals surface area contributed by atoms with Crippen LogP contribution in [0.5, 0.6) is 0 Å². The average Bonchev–Trinajstić information content (AvgIpc) is 3.13. The van der Waals surface area contributed by atoms with Crippen molar-refractivity contribution in [3.8, 4) is 0 Å². The first-order valence-electron chi connectivity index (χ1n) is 7.46. The number of aliphatic imine (C=N–C) groups is 1. The van der Waals surface area contributed by atoms with Crippen LogP contribution in [0.4, 0.5) is 5.69 Å². The Bertz CT molecular complexity index is 608. The molecular weight excluding hydrogens is 282 g/mol. The molecular formula is C16H19N3O3. The Morgan fingerprint density at radius 2 is 2.05 bits per heavy atom. The molecule has 3 rings (SSSR count). The number of hydrazine groups is 1. The second kappa shape index (κ2) is 5.98. The van der Waals surface area contributed by atoms with Gasteiger partial charge in [0.05, 0.1) is 11.7 Å². The topological polar surface area (TPSA) is 62.2 Å². The van der Waals surface area contributed by atoms with E-state index in [4.69, 9.17) is 4.74 Å². The first-order chi connectivity index (χ1) is 10.6. The third-order valence-electron chi connectivity index (χ3n) is 4.12. The molecule has 2 atom stereocenters. The molecule has 1 aromatic rings. The predicted octanol–water partition coefficient (Wildman–Crippen LogP) is 1.42. The van der Waals surface area contributed by atoms with E-state index >= 15 is 0 Å². The number of hydrogen-bond donors (Lipinski definition) is 0. The van der Waals surface area contributed by atoms with Crippen LogP contribution in [0.3, 0.4) is 0 Å². The summed E-state index contributed by atoms with van der Waals surface area (Å²) in [6.45, 7) is 2.45. The van der Waals surface area contributed by atoms with Crippen LogP contribution in [0.25, 0.3) is 0 Å². The molecule has 1 aromatic carbocycles. The minimum absolute atomic E-state index is 0.252. The summed E-state index contributed by atoms with van der Waals surface area (Å²) in [6, 6.07) is 9.08. The van der Waals surface area contributed by atoms with E-state index in [9.17, 15) is 9.59 Å². The molecule has 6 heteroatoms. The maximum absolute atomic E-state index is 12.6. The largest absolute Gasteiger partial charge is 0.368 e. The highest BCUT2D eigenvalue weighted by Gasteiger charge is 2.41. The van der Waals surface area contributed by atoms with Crippen molar-refractivity contribution < 1.29 is 14.3 Å². The highest BCUT2D eigenvalue weighted by molar-refractivity contribution is 6.48. The third-order valence-corrected chi connectivity index (χ3v) is 4.12. The number of carbonyl (C=O) groups is 2. The molecule has 0 saturated carbocycles. The van der Waals surface area contributed by atoms with Crippen LogP contribution in [0.2, 0.25) is 0 Å². The molecule has 0 aromatic heterocycles. The lowest BCUT2D eigenvalue weighted by Crippen LogP contribution is -2.38. The lowest BCUT2D eigenvalue weighted by Gasteiger charge is -2.25. The Labute approximate surface area is 129 Å². The summed E-state index contributed by atoms with van der Waals surface area (Å²) in [4.78, 5) is 28.8. The summed E-state index contributed by atoms with van der Waals surface area (Å²) >= 11 is 0. The summed E-state index contributed by atoms with van der Waals surface area (Å²) < 4.78 is 5.34. The molecule has 0 spiro atoms. The lowest BCUT2D eigenvalue weighted by atomic mass is 10.2. The number of ether oxygens (including phenoxy) is 1. The number of nitrogens with zero attached hydrogens (tertiary/aromatic N) is 3. The molecule has 2 amide bonds. The molecule has 2 unspecified atom stereocenters. The molecule has 2 saturated heterocycles. The Morgan fingerprint density at radius 1 is 1.32 bits per heavy atom. The van der Waals surface area contributed by atoms with Crippen molar-refractivity contribution in [2.75, 3.05) is 18.7 Å². The maximum Gasteiger partial charge on any atom is 0.289 e. The van der Waals surface area contributed by atoms with E-state index in [1.54, 1.807) is 10.0 Å². The molecule has 116 valence electrons. The number of benzene rings is 1. The van der Waals surface area contributed by atoms with Gasteiger partial charge in [-0.05, 0) is 31.9 Å². The summed E-state index contributed by atoms with van der Waals surface area (Å²) in [6.07, 6.45) is 1.04. The van der Waals surface area contributed by atoms with Gasteiger partial charge in [0.25, 0.3) is 11.8 Å². The van der Waals surface area contributed by atoms with E-state index in [0.29, 0.717) is 13.0 Å². The summed E-state index contributed by atoms with van der Waals surface area (Å²) in [7, 11) is 1.81. The zero-order valence-electron chi connectivity index (χ0n) is 12.7. The molecule has 2 fully saturated rings. The number of anilines is 1. The Morgan fingerprint density at radius 3 is 2.68 bits per heavy atom. The van der Waals surface area contributed by atoms with Crippen LogP contribution in [-0.4, -0.2) is 48.3 Å². The van der Waals surface area contributed by atoms with Crippen LogP contribution in [0.15, 0.2) is 35.3 Å². The van der Waals surface area contributed by atoms with E-state index in [-0.39, 0.29) is 23.6 Å². The van der Waals surface area contributed by atoms with Gasteiger partial charge in [0.1, 0.15) is 11.8 Å². The average molecular weight is 301 g/mol. The van der Waals surface area contributed by atoms with Crippen molar-refractivity contribution in [2.24, 2.45) is 4.99 Å². The monoisotopic (exact) mass is 301 g/mol. The van der Waals surface area contributed by atoms with Crippen molar-refractivity contribution in [3.05, 3.63) is 30.3 Å². The number of rotatable bonds is 2. The molecule has 2 aliphatic heterocycles. The van der Waals surface area contributed by atoms with Gasteiger partial charge in [0.2, 0.25) is 0 Å². The normalized spacial score (nSPS) is 27.8. The van der Waals surface area contributed by atoms with Gasteiger partial charge in [-0.25, -0.2) is 15.0 Å². The Balaban J connectivity index is 1.87. The zero-order valence-corrected chi connectivity index (χ0v) is 12.7. The minimum Gasteiger partial charge on any atom is -0.368 e. The van der Waals surface area contributed by atoms with Gasteiger partial charge in [-0.15, -0.1) is 0 Å². The van der Waals surface area contributed by atoms with Crippen LogP contribution in [0, 0.1) is 0 Å². The zero-order chi connectivity index (χ0) is 15.7. The lowest BCUT2D eigenvalue weighted by molar-refractivity contribution is -0.126. The number of carbonyl (C=O) groups excluding carboxylic acids is 2. The molecule has 0 aliphatic carbocycles. The predicted molar refractivity (Wildman–Crippen MR) is 82.6 cm³/mol. The molecule has 2 heterocycles. The van der Waals surface area contributed by atoms with Gasteiger partial charge in [0.15, 0.2) is 0 Å².